The molecule has 1 heterocycles. The van der Waals surface area contributed by atoms with Gasteiger partial charge in [-0.15, -0.1) is 0 Å². The highest BCUT2D eigenvalue weighted by Crippen LogP contribution is 2.31. The Morgan fingerprint density at radius 3 is 2.35 bits per heavy atom. The SMILES string of the molecule is Cc1cc(-c2ccc(Nc3nc4ccc(Cl)cc4s3)cc2)ccc1C(=O)N[C@H](C(=O)O)C(C)C. The number of hydrogen-bond donors (Lipinski definition) is 3. The third-order valence-corrected chi connectivity index (χ3v) is 6.68. The van der Waals surface area contributed by atoms with Gasteiger partial charge in [0.2, 0.25) is 0 Å². The molecule has 0 radical (unpaired) electrons. The summed E-state index contributed by atoms with van der Waals surface area (Å²) in [6.45, 7) is 5.37. The molecule has 8 heteroatoms. The number of carboxylic acid groups (broad SMARTS) is 1. The maximum absolute atomic E-state index is 12.6. The number of benzene rings is 3. The van der Waals surface area contributed by atoms with E-state index in [9.17, 15) is 14.7 Å². The molecular weight excluding hydrogens is 470 g/mol. The molecule has 1 atom stereocenters. The molecule has 0 aliphatic carbocycles. The molecule has 0 unspecified atom stereocenters. The van der Waals surface area contributed by atoms with Crippen molar-refractivity contribution in [2.24, 2.45) is 5.92 Å². The number of aryl methyl sites for hydroxylation is 1. The van der Waals surface area contributed by atoms with E-state index >= 15 is 0 Å². The van der Waals surface area contributed by atoms with E-state index in [4.69, 9.17) is 11.6 Å². The van der Waals surface area contributed by atoms with Crippen LogP contribution in [-0.4, -0.2) is 28.0 Å². The Balaban J connectivity index is 1.48. The maximum Gasteiger partial charge on any atom is 0.326 e. The van der Waals surface area contributed by atoms with E-state index < -0.39 is 12.0 Å². The molecule has 4 rings (SSSR count). The lowest BCUT2D eigenvalue weighted by atomic mass is 9.98. The van der Waals surface area contributed by atoms with Gasteiger partial charge in [-0.1, -0.05) is 61.1 Å². The highest BCUT2D eigenvalue weighted by atomic mass is 35.5. The average molecular weight is 494 g/mol. The van der Waals surface area contributed by atoms with Crippen LogP contribution in [0.2, 0.25) is 5.02 Å². The first-order chi connectivity index (χ1) is 16.2. The van der Waals surface area contributed by atoms with Crippen molar-refractivity contribution in [1.82, 2.24) is 10.3 Å². The number of thiazole rings is 1. The fraction of sp³-hybridized carbons (Fsp3) is 0.192. The second-order valence-electron chi connectivity index (χ2n) is 8.40. The van der Waals surface area contributed by atoms with Gasteiger partial charge in [-0.25, -0.2) is 9.78 Å². The van der Waals surface area contributed by atoms with Gasteiger partial charge in [0.25, 0.3) is 5.91 Å². The number of amides is 1. The number of hydrogen-bond acceptors (Lipinski definition) is 5. The minimum atomic E-state index is -1.04. The van der Waals surface area contributed by atoms with E-state index in [0.29, 0.717) is 10.6 Å². The van der Waals surface area contributed by atoms with Gasteiger partial charge in [0, 0.05) is 16.3 Å². The minimum Gasteiger partial charge on any atom is -0.480 e. The standard InChI is InChI=1S/C26H24ClN3O3S/c1-14(2)23(25(32)33)30-24(31)20-10-6-17(12-15(20)3)16-4-8-19(9-5-16)28-26-29-21-11-7-18(27)13-22(21)34-26/h4-14,23H,1-3H3,(H,28,29)(H,30,31)(H,32,33)/t23-/m0/s1. The third-order valence-electron chi connectivity index (χ3n) is 5.51. The van der Waals surface area contributed by atoms with E-state index in [1.54, 1.807) is 19.9 Å². The van der Waals surface area contributed by atoms with Crippen LogP contribution < -0.4 is 10.6 Å². The van der Waals surface area contributed by atoms with Gasteiger partial charge < -0.3 is 15.7 Å². The summed E-state index contributed by atoms with van der Waals surface area (Å²) in [6, 6.07) is 18.2. The lowest BCUT2D eigenvalue weighted by Gasteiger charge is -2.18. The molecule has 0 saturated carbocycles. The van der Waals surface area contributed by atoms with Crippen molar-refractivity contribution in [3.8, 4) is 11.1 Å². The zero-order valence-electron chi connectivity index (χ0n) is 18.9. The fourth-order valence-corrected chi connectivity index (χ4v) is 4.81. The predicted octanol–water partition coefficient (Wildman–Crippen LogP) is 6.51. The smallest absolute Gasteiger partial charge is 0.326 e. The monoisotopic (exact) mass is 493 g/mol. The summed E-state index contributed by atoms with van der Waals surface area (Å²) in [4.78, 5) is 28.6. The Morgan fingerprint density at radius 2 is 1.71 bits per heavy atom. The second kappa shape index (κ2) is 9.83. The summed E-state index contributed by atoms with van der Waals surface area (Å²) >= 11 is 7.60. The van der Waals surface area contributed by atoms with Crippen LogP contribution in [0.3, 0.4) is 0 Å². The van der Waals surface area contributed by atoms with Crippen LogP contribution in [-0.2, 0) is 4.79 Å². The highest BCUT2D eigenvalue weighted by Gasteiger charge is 2.24. The molecule has 3 N–H and O–H groups in total. The highest BCUT2D eigenvalue weighted by molar-refractivity contribution is 7.22. The molecule has 174 valence electrons. The number of anilines is 2. The first-order valence-electron chi connectivity index (χ1n) is 10.8. The molecule has 0 fully saturated rings. The van der Waals surface area contributed by atoms with Crippen molar-refractivity contribution < 1.29 is 14.7 Å². The lowest BCUT2D eigenvalue weighted by Crippen LogP contribution is -2.44. The summed E-state index contributed by atoms with van der Waals surface area (Å²) < 4.78 is 1.02. The topological polar surface area (TPSA) is 91.3 Å². The molecule has 0 spiro atoms. The van der Waals surface area contributed by atoms with Crippen LogP contribution in [0.25, 0.3) is 21.3 Å². The Hall–Kier alpha value is -3.42. The van der Waals surface area contributed by atoms with E-state index in [1.165, 1.54) is 11.3 Å². The van der Waals surface area contributed by atoms with Gasteiger partial charge >= 0.3 is 5.97 Å². The molecule has 3 aromatic carbocycles. The quantitative estimate of drug-likeness (QED) is 0.273. The number of nitrogens with one attached hydrogen (secondary N) is 2. The number of halogens is 1. The van der Waals surface area contributed by atoms with Crippen LogP contribution >= 0.6 is 22.9 Å². The second-order valence-corrected chi connectivity index (χ2v) is 9.86. The first kappa shape index (κ1) is 23.7. The van der Waals surface area contributed by atoms with Crippen LogP contribution in [0.4, 0.5) is 10.8 Å². The number of aliphatic carboxylic acids is 1. The van der Waals surface area contributed by atoms with Crippen molar-refractivity contribution in [2.45, 2.75) is 26.8 Å². The molecule has 1 aromatic heterocycles. The van der Waals surface area contributed by atoms with E-state index in [2.05, 4.69) is 15.6 Å². The number of nitrogens with zero attached hydrogens (tertiary/aromatic N) is 1. The Kier molecular flexibility index (Phi) is 6.86. The molecular formula is C26H24ClN3O3S. The van der Waals surface area contributed by atoms with Crippen molar-refractivity contribution in [3.63, 3.8) is 0 Å². The summed E-state index contributed by atoms with van der Waals surface area (Å²) in [6.07, 6.45) is 0. The van der Waals surface area contributed by atoms with E-state index in [-0.39, 0.29) is 11.8 Å². The molecule has 0 aliphatic heterocycles. The molecule has 1 amide bonds. The summed E-state index contributed by atoms with van der Waals surface area (Å²) in [7, 11) is 0. The molecule has 0 saturated heterocycles. The molecule has 0 bridgehead atoms. The summed E-state index contributed by atoms with van der Waals surface area (Å²) in [5.74, 6) is -1.64. The lowest BCUT2D eigenvalue weighted by molar-refractivity contribution is -0.140. The van der Waals surface area contributed by atoms with Gasteiger partial charge in [0.15, 0.2) is 5.13 Å². The molecule has 0 aliphatic rings. The van der Waals surface area contributed by atoms with Gasteiger partial charge in [-0.3, -0.25) is 4.79 Å². The number of carboxylic acids is 1. The first-order valence-corrected chi connectivity index (χ1v) is 12.0. The summed E-state index contributed by atoms with van der Waals surface area (Å²) in [5.41, 5.74) is 5.02. The van der Waals surface area contributed by atoms with Crippen molar-refractivity contribution in [3.05, 3.63) is 76.8 Å². The Bertz CT molecular complexity index is 1370. The number of fused-ring (bicyclic) bond motifs is 1. The fourth-order valence-electron chi connectivity index (χ4n) is 3.65. The zero-order valence-corrected chi connectivity index (χ0v) is 20.5. The number of carbonyl (C=O) groups excluding carboxylic acids is 1. The third kappa shape index (κ3) is 5.21. The Morgan fingerprint density at radius 1 is 1.00 bits per heavy atom. The minimum absolute atomic E-state index is 0.214. The maximum atomic E-state index is 12.6. The number of rotatable bonds is 7. The van der Waals surface area contributed by atoms with E-state index in [0.717, 1.165) is 37.7 Å². The van der Waals surface area contributed by atoms with Crippen LogP contribution in [0.1, 0.15) is 29.8 Å². The molecule has 6 nitrogen and oxygen atoms in total. The van der Waals surface area contributed by atoms with Gasteiger partial charge in [0.1, 0.15) is 6.04 Å². The van der Waals surface area contributed by atoms with E-state index in [1.807, 2.05) is 61.5 Å². The van der Waals surface area contributed by atoms with Gasteiger partial charge in [-0.05, 0) is 65.9 Å². The van der Waals surface area contributed by atoms with Crippen LogP contribution in [0, 0.1) is 12.8 Å². The average Bonchev–Trinajstić information content (AvgIpc) is 3.18. The predicted molar refractivity (Wildman–Crippen MR) is 138 cm³/mol. The normalized spacial score (nSPS) is 12.0. The molecule has 34 heavy (non-hydrogen) atoms. The van der Waals surface area contributed by atoms with Crippen molar-refractivity contribution in [1.29, 1.82) is 0 Å². The van der Waals surface area contributed by atoms with Crippen LogP contribution in [0.5, 0.6) is 0 Å². The zero-order chi connectivity index (χ0) is 24.4. The number of aromatic nitrogens is 1. The number of carbonyl (C=O) groups is 2. The van der Waals surface area contributed by atoms with Crippen molar-refractivity contribution >= 4 is 55.8 Å². The van der Waals surface area contributed by atoms with Gasteiger partial charge in [-0.2, -0.15) is 0 Å². The van der Waals surface area contributed by atoms with Gasteiger partial charge in [0.05, 0.1) is 10.2 Å². The summed E-state index contributed by atoms with van der Waals surface area (Å²) in [5, 5.41) is 16.8. The van der Waals surface area contributed by atoms with Crippen molar-refractivity contribution in [2.75, 3.05) is 5.32 Å². The van der Waals surface area contributed by atoms with Crippen LogP contribution in [0.15, 0.2) is 60.7 Å². The largest absolute Gasteiger partial charge is 0.480 e. The Labute approximate surface area is 206 Å². The molecule has 4 aromatic rings.